The van der Waals surface area contributed by atoms with E-state index in [1.165, 1.54) is 0 Å². The lowest BCUT2D eigenvalue weighted by Crippen LogP contribution is -2.24. The Morgan fingerprint density at radius 1 is 1.31 bits per heavy atom. The van der Waals surface area contributed by atoms with Crippen LogP contribution in [0.1, 0.15) is 23.2 Å². The van der Waals surface area contributed by atoms with Crippen LogP contribution in [0.5, 0.6) is 0 Å². The van der Waals surface area contributed by atoms with Crippen LogP contribution in [0, 0.1) is 0 Å². The topological polar surface area (TPSA) is 29.1 Å². The van der Waals surface area contributed by atoms with Gasteiger partial charge in [0.2, 0.25) is 0 Å². The molecule has 0 heterocycles. The van der Waals surface area contributed by atoms with Gasteiger partial charge in [-0.1, -0.05) is 15.9 Å². The second-order valence-corrected chi connectivity index (χ2v) is 5.42. The maximum atomic E-state index is 11.8. The van der Waals surface area contributed by atoms with Gasteiger partial charge in [-0.3, -0.25) is 4.79 Å². The van der Waals surface area contributed by atoms with Crippen molar-refractivity contribution in [3.05, 3.63) is 32.7 Å². The van der Waals surface area contributed by atoms with Gasteiger partial charge in [0.1, 0.15) is 0 Å². The molecule has 0 aliphatic carbocycles. The number of amides is 1. The molecule has 1 rings (SSSR count). The predicted octanol–water partition coefficient (Wildman–Crippen LogP) is 3.96. The zero-order valence-electron chi connectivity index (χ0n) is 8.60. The number of carbonyl (C=O) groups excluding carboxylic acids is 1. The molecule has 0 saturated carbocycles. The quantitative estimate of drug-likeness (QED) is 0.618. The lowest BCUT2D eigenvalue weighted by Gasteiger charge is -2.06. The first-order chi connectivity index (χ1) is 7.65. The summed E-state index contributed by atoms with van der Waals surface area (Å²) in [5.41, 5.74) is 0.647. The van der Waals surface area contributed by atoms with E-state index >= 15 is 0 Å². The number of halogens is 3. The highest BCUT2D eigenvalue weighted by Gasteiger charge is 2.08. The van der Waals surface area contributed by atoms with E-state index in [0.29, 0.717) is 18.0 Å². The molecule has 16 heavy (non-hydrogen) atoms. The van der Waals surface area contributed by atoms with Gasteiger partial charge in [0, 0.05) is 21.4 Å². The van der Waals surface area contributed by atoms with Crippen molar-refractivity contribution >= 4 is 49.4 Å². The zero-order valence-corrected chi connectivity index (χ0v) is 12.5. The summed E-state index contributed by atoms with van der Waals surface area (Å²) in [6.07, 6.45) is 1.83. The number of unbranched alkanes of at least 4 members (excludes halogenated alkanes) is 1. The van der Waals surface area contributed by atoms with Crippen LogP contribution in [-0.2, 0) is 0 Å². The molecule has 2 nitrogen and oxygen atoms in total. The molecular formula is C11H12Br2ClNO. The summed E-state index contributed by atoms with van der Waals surface area (Å²) in [5, 5.41) is 2.85. The molecule has 1 aromatic rings. The number of nitrogens with one attached hydrogen (secondary N) is 1. The minimum atomic E-state index is -0.0612. The number of alkyl halides is 1. The van der Waals surface area contributed by atoms with Gasteiger partial charge in [0.15, 0.2) is 0 Å². The Morgan fingerprint density at radius 3 is 2.69 bits per heavy atom. The molecule has 0 atom stereocenters. The van der Waals surface area contributed by atoms with Crippen LogP contribution in [0.4, 0.5) is 0 Å². The van der Waals surface area contributed by atoms with Gasteiger partial charge in [0.05, 0.1) is 5.56 Å². The maximum absolute atomic E-state index is 11.8. The standard InChI is InChI=1S/C11H12Br2ClNO/c12-8-3-4-9(10(13)7-8)11(16)15-6-2-1-5-14/h3-4,7H,1-2,5-6H2,(H,15,16). The highest BCUT2D eigenvalue weighted by Crippen LogP contribution is 2.21. The number of hydrogen-bond acceptors (Lipinski definition) is 1. The lowest BCUT2D eigenvalue weighted by molar-refractivity contribution is 0.0952. The average Bonchev–Trinajstić information content (AvgIpc) is 2.24. The van der Waals surface area contributed by atoms with Gasteiger partial charge in [0.25, 0.3) is 5.91 Å². The summed E-state index contributed by atoms with van der Waals surface area (Å²) in [4.78, 5) is 11.8. The fourth-order valence-corrected chi connectivity index (χ4v) is 2.61. The van der Waals surface area contributed by atoms with Crippen molar-refractivity contribution in [2.24, 2.45) is 0 Å². The van der Waals surface area contributed by atoms with Crippen LogP contribution in [0.3, 0.4) is 0 Å². The van der Waals surface area contributed by atoms with E-state index < -0.39 is 0 Å². The van der Waals surface area contributed by atoms with Crippen molar-refractivity contribution in [1.82, 2.24) is 5.32 Å². The van der Waals surface area contributed by atoms with Crippen molar-refractivity contribution in [1.29, 1.82) is 0 Å². The van der Waals surface area contributed by atoms with E-state index in [2.05, 4.69) is 37.2 Å². The van der Waals surface area contributed by atoms with E-state index in [1.807, 2.05) is 12.1 Å². The molecule has 0 fully saturated rings. The van der Waals surface area contributed by atoms with Crippen LogP contribution in [-0.4, -0.2) is 18.3 Å². The van der Waals surface area contributed by atoms with E-state index in [1.54, 1.807) is 6.07 Å². The maximum Gasteiger partial charge on any atom is 0.252 e. The third kappa shape index (κ3) is 4.44. The van der Waals surface area contributed by atoms with E-state index in [4.69, 9.17) is 11.6 Å². The molecule has 1 aromatic carbocycles. The van der Waals surface area contributed by atoms with E-state index in [-0.39, 0.29) is 5.91 Å². The Balaban J connectivity index is 2.53. The van der Waals surface area contributed by atoms with Crippen molar-refractivity contribution in [3.63, 3.8) is 0 Å². The third-order valence-corrected chi connectivity index (χ3v) is 3.44. The summed E-state index contributed by atoms with van der Waals surface area (Å²) in [6.45, 7) is 0.661. The van der Waals surface area contributed by atoms with Crippen molar-refractivity contribution in [2.45, 2.75) is 12.8 Å². The summed E-state index contributed by atoms with van der Waals surface area (Å²) in [7, 11) is 0. The molecule has 5 heteroatoms. The van der Waals surface area contributed by atoms with Crippen LogP contribution in [0.15, 0.2) is 27.1 Å². The predicted molar refractivity (Wildman–Crippen MR) is 74.1 cm³/mol. The minimum Gasteiger partial charge on any atom is -0.352 e. The number of rotatable bonds is 5. The minimum absolute atomic E-state index is 0.0612. The molecule has 0 spiro atoms. The van der Waals surface area contributed by atoms with Gasteiger partial charge in [-0.2, -0.15) is 0 Å². The Labute approximate surface area is 117 Å². The number of benzene rings is 1. The molecule has 0 unspecified atom stereocenters. The number of hydrogen-bond donors (Lipinski definition) is 1. The molecule has 1 N–H and O–H groups in total. The third-order valence-electron chi connectivity index (χ3n) is 2.02. The summed E-state index contributed by atoms with van der Waals surface area (Å²) >= 11 is 12.3. The highest BCUT2D eigenvalue weighted by atomic mass is 79.9. The Hall–Kier alpha value is -0.0600. The first-order valence-corrected chi connectivity index (χ1v) is 7.06. The van der Waals surface area contributed by atoms with Crippen LogP contribution < -0.4 is 5.32 Å². The summed E-state index contributed by atoms with van der Waals surface area (Å²) in [5.74, 6) is 0.576. The van der Waals surface area contributed by atoms with Crippen molar-refractivity contribution < 1.29 is 4.79 Å². The largest absolute Gasteiger partial charge is 0.352 e. The van der Waals surface area contributed by atoms with Gasteiger partial charge in [-0.25, -0.2) is 0 Å². The van der Waals surface area contributed by atoms with Crippen LogP contribution >= 0.6 is 43.5 Å². The smallest absolute Gasteiger partial charge is 0.252 e. The number of carbonyl (C=O) groups is 1. The molecule has 0 bridgehead atoms. The normalized spacial score (nSPS) is 10.2. The molecule has 88 valence electrons. The second-order valence-electron chi connectivity index (χ2n) is 3.28. The van der Waals surface area contributed by atoms with E-state index in [0.717, 1.165) is 21.8 Å². The molecule has 0 saturated heterocycles. The van der Waals surface area contributed by atoms with Crippen molar-refractivity contribution in [3.8, 4) is 0 Å². The Kier molecular flexibility index (Phi) is 6.39. The molecule has 1 amide bonds. The first kappa shape index (κ1) is 14.0. The van der Waals surface area contributed by atoms with E-state index in [9.17, 15) is 4.79 Å². The van der Waals surface area contributed by atoms with Crippen molar-refractivity contribution in [2.75, 3.05) is 12.4 Å². The molecular weight excluding hydrogens is 357 g/mol. The monoisotopic (exact) mass is 367 g/mol. The summed E-state index contributed by atoms with van der Waals surface area (Å²) < 4.78 is 1.73. The lowest BCUT2D eigenvalue weighted by atomic mass is 10.2. The van der Waals surface area contributed by atoms with Gasteiger partial charge in [-0.15, -0.1) is 11.6 Å². The zero-order chi connectivity index (χ0) is 12.0. The van der Waals surface area contributed by atoms with Gasteiger partial charge >= 0.3 is 0 Å². The fraction of sp³-hybridized carbons (Fsp3) is 0.364. The fourth-order valence-electron chi connectivity index (χ4n) is 1.19. The summed E-state index contributed by atoms with van der Waals surface area (Å²) in [6, 6.07) is 5.48. The average molecular weight is 369 g/mol. The highest BCUT2D eigenvalue weighted by molar-refractivity contribution is 9.11. The molecule has 0 aliphatic rings. The molecule has 0 aromatic heterocycles. The van der Waals surface area contributed by atoms with Crippen LogP contribution in [0.2, 0.25) is 0 Å². The second kappa shape index (κ2) is 7.30. The van der Waals surface area contributed by atoms with Gasteiger partial charge in [-0.05, 0) is 47.0 Å². The SMILES string of the molecule is O=C(NCCCCCl)c1ccc(Br)cc1Br. The Bertz CT molecular complexity index is 371. The Morgan fingerprint density at radius 2 is 2.06 bits per heavy atom. The first-order valence-electron chi connectivity index (χ1n) is 4.94. The van der Waals surface area contributed by atoms with Crippen LogP contribution in [0.25, 0.3) is 0 Å². The molecule has 0 aliphatic heterocycles. The molecule has 0 radical (unpaired) electrons. The van der Waals surface area contributed by atoms with Gasteiger partial charge < -0.3 is 5.32 Å².